The molecule has 5 nitrogen and oxygen atoms in total. The molecule has 0 unspecified atom stereocenters. The molecule has 0 radical (unpaired) electrons. The zero-order valence-electron chi connectivity index (χ0n) is 12.1. The van der Waals surface area contributed by atoms with E-state index in [2.05, 4.69) is 33.6 Å². The topological polar surface area (TPSA) is 58.3 Å². The molecular weight excluding hydrogens is 250 g/mol. The lowest BCUT2D eigenvalue weighted by Gasteiger charge is -2.37. The van der Waals surface area contributed by atoms with E-state index in [0.29, 0.717) is 6.04 Å². The average Bonchev–Trinajstić information content (AvgIpc) is 2.46. The van der Waals surface area contributed by atoms with E-state index in [1.807, 2.05) is 18.2 Å². The molecule has 2 aromatic rings. The molecule has 1 aliphatic rings. The first-order chi connectivity index (χ1) is 9.65. The molecule has 20 heavy (non-hydrogen) atoms. The van der Waals surface area contributed by atoms with Gasteiger partial charge in [0.05, 0.1) is 5.52 Å². The van der Waals surface area contributed by atoms with E-state index in [-0.39, 0.29) is 0 Å². The average molecular weight is 271 g/mol. The number of hydrogen-bond acceptors (Lipinski definition) is 5. The third-order valence-electron chi connectivity index (χ3n) is 3.98. The van der Waals surface area contributed by atoms with E-state index in [1.54, 1.807) is 6.33 Å². The molecule has 0 atom stereocenters. The lowest BCUT2D eigenvalue weighted by molar-refractivity contribution is 0.209. The van der Waals surface area contributed by atoms with E-state index in [0.717, 1.165) is 48.6 Å². The highest BCUT2D eigenvalue weighted by Gasteiger charge is 2.21. The summed E-state index contributed by atoms with van der Waals surface area (Å²) in [5, 5.41) is 1.05. The van der Waals surface area contributed by atoms with Gasteiger partial charge in [0.1, 0.15) is 12.1 Å². The molecule has 0 amide bonds. The molecule has 106 valence electrons. The van der Waals surface area contributed by atoms with Gasteiger partial charge in [0.25, 0.3) is 0 Å². The Morgan fingerprint density at radius 2 is 1.85 bits per heavy atom. The molecule has 1 aromatic carbocycles. The SMILES string of the molecule is CC(C)N1CCN(c2ncnc3ccc(N)cc23)CC1. The number of piperazine rings is 1. The molecule has 3 rings (SSSR count). The van der Waals surface area contributed by atoms with Gasteiger partial charge >= 0.3 is 0 Å². The predicted molar refractivity (Wildman–Crippen MR) is 82.9 cm³/mol. The van der Waals surface area contributed by atoms with Gasteiger partial charge in [0.15, 0.2) is 0 Å². The minimum Gasteiger partial charge on any atom is -0.399 e. The van der Waals surface area contributed by atoms with Crippen molar-refractivity contribution in [2.45, 2.75) is 19.9 Å². The molecule has 0 saturated carbocycles. The maximum absolute atomic E-state index is 5.90. The number of nitrogens with two attached hydrogens (primary N) is 1. The Kier molecular flexibility index (Phi) is 3.44. The Balaban J connectivity index is 1.90. The van der Waals surface area contributed by atoms with E-state index < -0.39 is 0 Å². The quantitative estimate of drug-likeness (QED) is 0.843. The summed E-state index contributed by atoms with van der Waals surface area (Å²) in [7, 11) is 0. The second-order valence-corrected chi connectivity index (χ2v) is 5.59. The van der Waals surface area contributed by atoms with Crippen molar-refractivity contribution in [2.24, 2.45) is 0 Å². The molecule has 0 aliphatic carbocycles. The van der Waals surface area contributed by atoms with E-state index in [4.69, 9.17) is 5.73 Å². The van der Waals surface area contributed by atoms with Crippen LogP contribution in [0.3, 0.4) is 0 Å². The minimum absolute atomic E-state index is 0.606. The number of aromatic nitrogens is 2. The van der Waals surface area contributed by atoms with Gasteiger partial charge in [-0.2, -0.15) is 0 Å². The zero-order chi connectivity index (χ0) is 14.1. The fraction of sp³-hybridized carbons (Fsp3) is 0.467. The summed E-state index contributed by atoms with van der Waals surface area (Å²) in [4.78, 5) is 13.6. The van der Waals surface area contributed by atoms with Gasteiger partial charge in [-0.25, -0.2) is 9.97 Å². The third-order valence-corrected chi connectivity index (χ3v) is 3.98. The Bertz CT molecular complexity index is 602. The summed E-state index contributed by atoms with van der Waals surface area (Å²) < 4.78 is 0. The smallest absolute Gasteiger partial charge is 0.140 e. The third kappa shape index (κ3) is 2.41. The molecule has 1 saturated heterocycles. The van der Waals surface area contributed by atoms with Crippen molar-refractivity contribution in [3.8, 4) is 0 Å². The molecule has 0 bridgehead atoms. The second kappa shape index (κ2) is 5.25. The zero-order valence-corrected chi connectivity index (χ0v) is 12.1. The molecule has 5 heteroatoms. The number of fused-ring (bicyclic) bond motifs is 1. The van der Waals surface area contributed by atoms with E-state index in [1.165, 1.54) is 0 Å². The van der Waals surface area contributed by atoms with Crippen molar-refractivity contribution in [1.29, 1.82) is 0 Å². The molecule has 2 heterocycles. The molecule has 0 spiro atoms. The lowest BCUT2D eigenvalue weighted by Crippen LogP contribution is -2.49. The van der Waals surface area contributed by atoms with Gasteiger partial charge in [-0.1, -0.05) is 0 Å². The maximum Gasteiger partial charge on any atom is 0.140 e. The standard InChI is InChI=1S/C15H21N5/c1-11(2)19-5-7-20(8-6-19)15-13-9-12(16)3-4-14(13)17-10-18-15/h3-4,9-11H,5-8,16H2,1-2H3. The van der Waals surface area contributed by atoms with Crippen molar-refractivity contribution in [3.05, 3.63) is 24.5 Å². The van der Waals surface area contributed by atoms with Crippen LogP contribution in [0.15, 0.2) is 24.5 Å². The fourth-order valence-electron chi connectivity index (χ4n) is 2.76. The minimum atomic E-state index is 0.606. The van der Waals surface area contributed by atoms with Crippen LogP contribution in [0, 0.1) is 0 Å². The van der Waals surface area contributed by atoms with Gasteiger partial charge < -0.3 is 10.6 Å². The normalized spacial score (nSPS) is 17.1. The number of nitrogens with zero attached hydrogens (tertiary/aromatic N) is 4. The van der Waals surface area contributed by atoms with Gasteiger partial charge in [0, 0.05) is 43.3 Å². The molecule has 1 aromatic heterocycles. The van der Waals surface area contributed by atoms with Crippen LogP contribution in [0.1, 0.15) is 13.8 Å². The second-order valence-electron chi connectivity index (χ2n) is 5.59. The van der Waals surface area contributed by atoms with Gasteiger partial charge in [-0.05, 0) is 32.0 Å². The lowest BCUT2D eigenvalue weighted by atomic mass is 10.2. The van der Waals surface area contributed by atoms with Gasteiger partial charge in [-0.15, -0.1) is 0 Å². The Hall–Kier alpha value is -1.88. The van der Waals surface area contributed by atoms with Crippen LogP contribution in [0.2, 0.25) is 0 Å². The van der Waals surface area contributed by atoms with Crippen LogP contribution in [0.4, 0.5) is 11.5 Å². The number of hydrogen-bond donors (Lipinski definition) is 1. The summed E-state index contributed by atoms with van der Waals surface area (Å²) in [5.41, 5.74) is 7.61. The maximum atomic E-state index is 5.90. The highest BCUT2D eigenvalue weighted by atomic mass is 15.3. The van der Waals surface area contributed by atoms with Gasteiger partial charge in [0.2, 0.25) is 0 Å². The molecule has 1 fully saturated rings. The Labute approximate surface area is 119 Å². The van der Waals surface area contributed by atoms with Crippen molar-refractivity contribution in [1.82, 2.24) is 14.9 Å². The molecule has 1 aliphatic heterocycles. The molecule has 2 N–H and O–H groups in total. The highest BCUT2D eigenvalue weighted by molar-refractivity contribution is 5.91. The first-order valence-corrected chi connectivity index (χ1v) is 7.14. The number of benzene rings is 1. The van der Waals surface area contributed by atoms with Crippen molar-refractivity contribution in [2.75, 3.05) is 36.8 Å². The summed E-state index contributed by atoms with van der Waals surface area (Å²) >= 11 is 0. The van der Waals surface area contributed by atoms with Crippen LogP contribution in [-0.2, 0) is 0 Å². The Morgan fingerprint density at radius 1 is 1.10 bits per heavy atom. The van der Waals surface area contributed by atoms with Crippen LogP contribution < -0.4 is 10.6 Å². The summed E-state index contributed by atoms with van der Waals surface area (Å²) in [5.74, 6) is 1.01. The summed E-state index contributed by atoms with van der Waals surface area (Å²) in [6, 6.07) is 6.42. The van der Waals surface area contributed by atoms with Crippen LogP contribution in [0.5, 0.6) is 0 Å². The summed E-state index contributed by atoms with van der Waals surface area (Å²) in [6.45, 7) is 8.64. The van der Waals surface area contributed by atoms with Crippen molar-refractivity contribution < 1.29 is 0 Å². The van der Waals surface area contributed by atoms with Crippen LogP contribution in [0.25, 0.3) is 10.9 Å². The summed E-state index contributed by atoms with van der Waals surface area (Å²) in [6.07, 6.45) is 1.64. The van der Waals surface area contributed by atoms with Crippen molar-refractivity contribution in [3.63, 3.8) is 0 Å². The van der Waals surface area contributed by atoms with Crippen LogP contribution >= 0.6 is 0 Å². The monoisotopic (exact) mass is 271 g/mol. The largest absolute Gasteiger partial charge is 0.399 e. The van der Waals surface area contributed by atoms with E-state index >= 15 is 0 Å². The highest BCUT2D eigenvalue weighted by Crippen LogP contribution is 2.25. The fourth-order valence-corrected chi connectivity index (χ4v) is 2.76. The number of nitrogen functional groups attached to an aromatic ring is 1. The number of anilines is 2. The van der Waals surface area contributed by atoms with Crippen LogP contribution in [-0.4, -0.2) is 47.1 Å². The first kappa shape index (κ1) is 13.1. The predicted octanol–water partition coefficient (Wildman–Crippen LogP) is 1.74. The first-order valence-electron chi connectivity index (χ1n) is 7.14. The number of rotatable bonds is 2. The van der Waals surface area contributed by atoms with Gasteiger partial charge in [-0.3, -0.25) is 4.90 Å². The van der Waals surface area contributed by atoms with Crippen molar-refractivity contribution >= 4 is 22.4 Å². The Morgan fingerprint density at radius 3 is 2.55 bits per heavy atom. The molecular formula is C15H21N5. The van der Waals surface area contributed by atoms with E-state index in [9.17, 15) is 0 Å².